The summed E-state index contributed by atoms with van der Waals surface area (Å²) in [5, 5.41) is 12.5. The number of aliphatic hydroxyl groups is 1. The average molecular weight is 385 g/mol. The minimum Gasteiger partial charge on any atom is -0.458 e. The molecular formula is C19H25F2NO5. The Hall–Kier alpha value is -2.22. The number of alkyl carbamates (subject to hydrolysis) is 1. The molecule has 8 heteroatoms. The van der Waals surface area contributed by atoms with Crippen LogP contribution in [0.4, 0.5) is 13.6 Å². The quantitative estimate of drug-likeness (QED) is 0.705. The first-order valence-corrected chi connectivity index (χ1v) is 8.74. The molecular weight excluding hydrogens is 360 g/mol. The Morgan fingerprint density at radius 3 is 2.41 bits per heavy atom. The SMILES string of the molecule is CC(C)(C)OC(=O)C(O)C(CC1CC1(F)F)NC(=O)OCc1ccccc1. The van der Waals surface area contributed by atoms with Crippen molar-refractivity contribution in [1.29, 1.82) is 0 Å². The van der Waals surface area contributed by atoms with E-state index in [2.05, 4.69) is 5.32 Å². The van der Waals surface area contributed by atoms with Crippen LogP contribution in [0.1, 0.15) is 39.2 Å². The van der Waals surface area contributed by atoms with Crippen LogP contribution in [0.3, 0.4) is 0 Å². The van der Waals surface area contributed by atoms with Crippen molar-refractivity contribution in [3.63, 3.8) is 0 Å². The Balaban J connectivity index is 1.96. The summed E-state index contributed by atoms with van der Waals surface area (Å²) >= 11 is 0. The molecule has 1 aromatic carbocycles. The van der Waals surface area contributed by atoms with Crippen LogP contribution in [0.15, 0.2) is 30.3 Å². The van der Waals surface area contributed by atoms with Crippen molar-refractivity contribution in [3.8, 4) is 0 Å². The molecule has 1 amide bonds. The molecule has 0 bridgehead atoms. The molecule has 1 aromatic rings. The van der Waals surface area contributed by atoms with E-state index in [4.69, 9.17) is 9.47 Å². The minimum absolute atomic E-state index is 0.0263. The normalized spacial score (nSPS) is 20.3. The van der Waals surface area contributed by atoms with Gasteiger partial charge in [-0.3, -0.25) is 0 Å². The number of hydrogen-bond acceptors (Lipinski definition) is 5. The van der Waals surface area contributed by atoms with E-state index in [1.54, 1.807) is 45.0 Å². The highest BCUT2D eigenvalue weighted by Crippen LogP contribution is 2.51. The lowest BCUT2D eigenvalue weighted by atomic mass is 10.0. The highest BCUT2D eigenvalue weighted by molar-refractivity contribution is 5.77. The van der Waals surface area contributed by atoms with Crippen molar-refractivity contribution in [2.45, 2.75) is 63.9 Å². The molecule has 1 aliphatic carbocycles. The Morgan fingerprint density at radius 2 is 1.89 bits per heavy atom. The second kappa shape index (κ2) is 8.21. The standard InChI is InChI=1S/C19H25F2NO5/c1-18(2,3)27-16(24)15(23)14(9-13-10-19(13,20)21)22-17(25)26-11-12-7-5-4-6-8-12/h4-8,13-15,23H,9-11H2,1-3H3,(H,22,25). The molecule has 0 heterocycles. The first kappa shape index (κ1) is 21.1. The predicted octanol–water partition coefficient (Wildman–Crippen LogP) is 3.03. The van der Waals surface area contributed by atoms with E-state index < -0.39 is 41.6 Å². The van der Waals surface area contributed by atoms with Gasteiger partial charge in [0.25, 0.3) is 5.92 Å². The zero-order valence-electron chi connectivity index (χ0n) is 15.6. The number of amides is 1. The van der Waals surface area contributed by atoms with Gasteiger partial charge in [0.15, 0.2) is 6.10 Å². The van der Waals surface area contributed by atoms with Gasteiger partial charge in [0.05, 0.1) is 6.04 Å². The van der Waals surface area contributed by atoms with Crippen molar-refractivity contribution < 1.29 is 33.0 Å². The number of nitrogens with one attached hydrogen (secondary N) is 1. The fourth-order valence-corrected chi connectivity index (χ4v) is 2.54. The van der Waals surface area contributed by atoms with E-state index in [9.17, 15) is 23.5 Å². The van der Waals surface area contributed by atoms with Crippen LogP contribution in [-0.2, 0) is 20.9 Å². The molecule has 6 nitrogen and oxygen atoms in total. The third kappa shape index (κ3) is 6.78. The second-order valence-electron chi connectivity index (χ2n) is 7.69. The van der Waals surface area contributed by atoms with Crippen LogP contribution in [0.5, 0.6) is 0 Å². The van der Waals surface area contributed by atoms with Gasteiger partial charge in [-0.2, -0.15) is 0 Å². The lowest BCUT2D eigenvalue weighted by Gasteiger charge is -2.26. The summed E-state index contributed by atoms with van der Waals surface area (Å²) in [5.41, 5.74) is -0.120. The molecule has 2 rings (SSSR count). The molecule has 1 saturated carbocycles. The molecule has 3 unspecified atom stereocenters. The van der Waals surface area contributed by atoms with E-state index in [0.717, 1.165) is 5.56 Å². The smallest absolute Gasteiger partial charge is 0.407 e. The summed E-state index contributed by atoms with van der Waals surface area (Å²) in [6.07, 6.45) is -3.28. The molecule has 150 valence electrons. The lowest BCUT2D eigenvalue weighted by molar-refractivity contribution is -0.166. The van der Waals surface area contributed by atoms with Gasteiger partial charge in [-0.25, -0.2) is 18.4 Å². The maximum atomic E-state index is 13.3. The largest absolute Gasteiger partial charge is 0.458 e. The number of aliphatic hydroxyl groups excluding tert-OH is 1. The minimum atomic E-state index is -2.85. The van der Waals surface area contributed by atoms with Crippen molar-refractivity contribution >= 4 is 12.1 Å². The highest BCUT2D eigenvalue weighted by Gasteiger charge is 2.58. The zero-order chi connectivity index (χ0) is 20.2. The third-order valence-electron chi connectivity index (χ3n) is 4.04. The maximum Gasteiger partial charge on any atom is 0.407 e. The van der Waals surface area contributed by atoms with Gasteiger partial charge in [-0.1, -0.05) is 30.3 Å². The summed E-state index contributed by atoms with van der Waals surface area (Å²) in [4.78, 5) is 24.1. The van der Waals surface area contributed by atoms with E-state index in [1.807, 2.05) is 6.07 Å². The van der Waals surface area contributed by atoms with Gasteiger partial charge in [-0.05, 0) is 32.8 Å². The van der Waals surface area contributed by atoms with E-state index in [0.29, 0.717) is 0 Å². The van der Waals surface area contributed by atoms with Gasteiger partial charge < -0.3 is 19.9 Å². The molecule has 27 heavy (non-hydrogen) atoms. The second-order valence-corrected chi connectivity index (χ2v) is 7.69. The number of hydrogen-bond donors (Lipinski definition) is 2. The number of carbonyl (C=O) groups is 2. The Bertz CT molecular complexity index is 660. The number of benzene rings is 1. The van der Waals surface area contributed by atoms with E-state index in [-0.39, 0.29) is 19.4 Å². The van der Waals surface area contributed by atoms with Crippen LogP contribution >= 0.6 is 0 Å². The van der Waals surface area contributed by atoms with E-state index in [1.165, 1.54) is 0 Å². The summed E-state index contributed by atoms with van der Waals surface area (Å²) < 4.78 is 36.6. The molecule has 2 N–H and O–H groups in total. The molecule has 1 aliphatic rings. The topological polar surface area (TPSA) is 84.9 Å². The molecule has 0 spiro atoms. The summed E-state index contributed by atoms with van der Waals surface area (Å²) in [5.74, 6) is -4.84. The fraction of sp³-hybridized carbons (Fsp3) is 0.579. The lowest BCUT2D eigenvalue weighted by Crippen LogP contribution is -2.49. The van der Waals surface area contributed by atoms with Gasteiger partial charge in [0.2, 0.25) is 0 Å². The van der Waals surface area contributed by atoms with Gasteiger partial charge in [0, 0.05) is 12.3 Å². The molecule has 0 aromatic heterocycles. The van der Waals surface area contributed by atoms with E-state index >= 15 is 0 Å². The van der Waals surface area contributed by atoms with Crippen molar-refractivity contribution in [1.82, 2.24) is 5.32 Å². The molecule has 1 fully saturated rings. The first-order chi connectivity index (χ1) is 12.5. The molecule has 3 atom stereocenters. The third-order valence-corrected chi connectivity index (χ3v) is 4.04. The van der Waals surface area contributed by atoms with Crippen LogP contribution in [0, 0.1) is 5.92 Å². The number of alkyl halides is 2. The van der Waals surface area contributed by atoms with Crippen LogP contribution in [0.25, 0.3) is 0 Å². The monoisotopic (exact) mass is 385 g/mol. The Morgan fingerprint density at radius 1 is 1.30 bits per heavy atom. The van der Waals surface area contributed by atoms with Crippen molar-refractivity contribution in [2.24, 2.45) is 5.92 Å². The number of halogens is 2. The predicted molar refractivity (Wildman–Crippen MR) is 93.1 cm³/mol. The number of ether oxygens (including phenoxy) is 2. The molecule has 0 saturated heterocycles. The number of carbonyl (C=O) groups excluding carboxylic acids is 2. The van der Waals surface area contributed by atoms with Crippen LogP contribution in [0.2, 0.25) is 0 Å². The van der Waals surface area contributed by atoms with Crippen molar-refractivity contribution in [3.05, 3.63) is 35.9 Å². The van der Waals surface area contributed by atoms with Crippen molar-refractivity contribution in [2.75, 3.05) is 0 Å². The molecule has 0 radical (unpaired) electrons. The van der Waals surface area contributed by atoms with Gasteiger partial charge in [0.1, 0.15) is 12.2 Å². The summed E-state index contributed by atoms with van der Waals surface area (Å²) in [6, 6.07) is 7.64. The highest BCUT2D eigenvalue weighted by atomic mass is 19.3. The van der Waals surface area contributed by atoms with Gasteiger partial charge >= 0.3 is 12.1 Å². The van der Waals surface area contributed by atoms with Gasteiger partial charge in [-0.15, -0.1) is 0 Å². The first-order valence-electron chi connectivity index (χ1n) is 8.74. The summed E-state index contributed by atoms with van der Waals surface area (Å²) in [6.45, 7) is 4.82. The number of rotatable bonds is 7. The van der Waals surface area contributed by atoms with Crippen LogP contribution < -0.4 is 5.32 Å². The Kier molecular flexibility index (Phi) is 6.41. The van der Waals surface area contributed by atoms with Crippen LogP contribution in [-0.4, -0.2) is 40.8 Å². The zero-order valence-corrected chi connectivity index (χ0v) is 15.6. The Labute approximate surface area is 156 Å². The average Bonchev–Trinajstić information content (AvgIpc) is 3.17. The number of esters is 1. The fourth-order valence-electron chi connectivity index (χ4n) is 2.54. The maximum absolute atomic E-state index is 13.3. The summed E-state index contributed by atoms with van der Waals surface area (Å²) in [7, 11) is 0. The molecule has 0 aliphatic heterocycles.